The van der Waals surface area contributed by atoms with Crippen LogP contribution in [0.5, 0.6) is 0 Å². The highest BCUT2D eigenvalue weighted by molar-refractivity contribution is 5.93. The molecule has 0 aromatic heterocycles. The van der Waals surface area contributed by atoms with Crippen molar-refractivity contribution in [3.05, 3.63) is 35.9 Å². The number of nitrogens with one attached hydrogen (secondary N) is 1. The summed E-state index contributed by atoms with van der Waals surface area (Å²) < 4.78 is 0. The fourth-order valence-electron chi connectivity index (χ4n) is 3.09. The van der Waals surface area contributed by atoms with Gasteiger partial charge < -0.3 is 10.6 Å². The summed E-state index contributed by atoms with van der Waals surface area (Å²) in [6.07, 6.45) is 2.20. The van der Waals surface area contributed by atoms with E-state index in [-0.39, 0.29) is 5.91 Å². The summed E-state index contributed by atoms with van der Waals surface area (Å²) in [4.78, 5) is 27.0. The second kappa shape index (κ2) is 9.39. The van der Waals surface area contributed by atoms with Gasteiger partial charge in [0, 0.05) is 32.1 Å². The zero-order chi connectivity index (χ0) is 17.4. The third-order valence-corrected chi connectivity index (χ3v) is 4.56. The molecule has 0 spiro atoms. The molecular formula is C18H28N4O2. The summed E-state index contributed by atoms with van der Waals surface area (Å²) in [5.74, 6) is -0.295. The molecule has 0 aliphatic carbocycles. The lowest BCUT2D eigenvalue weighted by atomic mass is 10.1. The van der Waals surface area contributed by atoms with Crippen LogP contribution in [0.25, 0.3) is 0 Å². The molecule has 0 bridgehead atoms. The molecule has 1 saturated heterocycles. The fourth-order valence-corrected chi connectivity index (χ4v) is 3.09. The summed E-state index contributed by atoms with van der Waals surface area (Å²) >= 11 is 0. The zero-order valence-electron chi connectivity index (χ0n) is 14.4. The standard InChI is InChI=1S/C18H28N4O2/c1-15-9-11-21(10-5-8-17(23)20-18(19)24)12-13-22(15)14-16-6-3-2-4-7-16/h2-4,6-7,15H,5,8-14H2,1H3,(H3,19,20,23,24)/t15-/m0/s1. The molecule has 6 heteroatoms. The summed E-state index contributed by atoms with van der Waals surface area (Å²) in [5.41, 5.74) is 6.28. The van der Waals surface area contributed by atoms with Crippen LogP contribution in [0, 0.1) is 0 Å². The third kappa shape index (κ3) is 6.29. The number of urea groups is 1. The van der Waals surface area contributed by atoms with Crippen molar-refractivity contribution in [1.29, 1.82) is 0 Å². The predicted molar refractivity (Wildman–Crippen MR) is 94.3 cm³/mol. The van der Waals surface area contributed by atoms with Gasteiger partial charge in [-0.3, -0.25) is 15.0 Å². The second-order valence-electron chi connectivity index (χ2n) is 6.45. The first kappa shape index (κ1) is 18.4. The van der Waals surface area contributed by atoms with Crippen LogP contribution in [-0.4, -0.2) is 54.0 Å². The third-order valence-electron chi connectivity index (χ3n) is 4.56. The van der Waals surface area contributed by atoms with Crippen LogP contribution in [0.15, 0.2) is 30.3 Å². The number of hydrogen-bond donors (Lipinski definition) is 2. The van der Waals surface area contributed by atoms with E-state index in [1.807, 2.05) is 6.07 Å². The van der Waals surface area contributed by atoms with Gasteiger partial charge in [0.1, 0.15) is 0 Å². The van der Waals surface area contributed by atoms with Gasteiger partial charge in [0.15, 0.2) is 0 Å². The molecule has 1 aromatic carbocycles. The van der Waals surface area contributed by atoms with Crippen molar-refractivity contribution in [2.75, 3.05) is 26.2 Å². The Balaban J connectivity index is 1.75. The van der Waals surface area contributed by atoms with E-state index < -0.39 is 6.03 Å². The molecule has 6 nitrogen and oxygen atoms in total. The van der Waals surface area contributed by atoms with Crippen molar-refractivity contribution < 1.29 is 9.59 Å². The number of benzene rings is 1. The smallest absolute Gasteiger partial charge is 0.318 e. The van der Waals surface area contributed by atoms with E-state index in [9.17, 15) is 9.59 Å². The quantitative estimate of drug-likeness (QED) is 0.828. The lowest BCUT2D eigenvalue weighted by Crippen LogP contribution is -2.36. The molecule has 24 heavy (non-hydrogen) atoms. The Morgan fingerprint density at radius 3 is 2.67 bits per heavy atom. The number of primary amides is 1. The molecule has 3 N–H and O–H groups in total. The Labute approximate surface area is 144 Å². The molecule has 1 aliphatic heterocycles. The van der Waals surface area contributed by atoms with Crippen molar-refractivity contribution in [3.8, 4) is 0 Å². The van der Waals surface area contributed by atoms with Crippen LogP contribution in [-0.2, 0) is 11.3 Å². The molecule has 1 atom stereocenters. The van der Waals surface area contributed by atoms with Gasteiger partial charge in [-0.1, -0.05) is 30.3 Å². The minimum Gasteiger partial charge on any atom is -0.351 e. The minimum absolute atomic E-state index is 0.295. The first-order valence-corrected chi connectivity index (χ1v) is 8.64. The predicted octanol–water partition coefficient (Wildman–Crippen LogP) is 1.56. The maximum absolute atomic E-state index is 11.4. The highest BCUT2D eigenvalue weighted by atomic mass is 16.2. The number of nitrogens with two attached hydrogens (primary N) is 1. The Hall–Kier alpha value is -1.92. The molecule has 0 saturated carbocycles. The minimum atomic E-state index is -0.778. The molecule has 2 rings (SSSR count). The van der Waals surface area contributed by atoms with Crippen molar-refractivity contribution in [3.63, 3.8) is 0 Å². The van der Waals surface area contributed by atoms with Gasteiger partial charge in [-0.15, -0.1) is 0 Å². The number of imide groups is 1. The van der Waals surface area contributed by atoms with Crippen LogP contribution in [0.1, 0.15) is 31.7 Å². The summed E-state index contributed by atoms with van der Waals surface area (Å²) in [5, 5.41) is 2.11. The van der Waals surface area contributed by atoms with E-state index in [0.29, 0.717) is 12.5 Å². The summed E-state index contributed by atoms with van der Waals surface area (Å²) in [6, 6.07) is 10.3. The molecule has 132 valence electrons. The van der Waals surface area contributed by atoms with Gasteiger partial charge in [0.25, 0.3) is 0 Å². The molecule has 1 fully saturated rings. The van der Waals surface area contributed by atoms with Gasteiger partial charge in [0.2, 0.25) is 5.91 Å². The highest BCUT2D eigenvalue weighted by Gasteiger charge is 2.20. The average molecular weight is 332 g/mol. The number of amides is 3. The molecular weight excluding hydrogens is 304 g/mol. The van der Waals surface area contributed by atoms with Gasteiger partial charge >= 0.3 is 6.03 Å². The Morgan fingerprint density at radius 1 is 1.21 bits per heavy atom. The highest BCUT2D eigenvalue weighted by Crippen LogP contribution is 2.15. The Bertz CT molecular complexity index is 535. The van der Waals surface area contributed by atoms with Crippen LogP contribution in [0.4, 0.5) is 4.79 Å². The normalized spacial score (nSPS) is 19.6. The van der Waals surface area contributed by atoms with Gasteiger partial charge in [-0.25, -0.2) is 4.79 Å². The largest absolute Gasteiger partial charge is 0.351 e. The van der Waals surface area contributed by atoms with E-state index in [2.05, 4.69) is 46.3 Å². The van der Waals surface area contributed by atoms with E-state index >= 15 is 0 Å². The SMILES string of the molecule is C[C@H]1CCN(CCCC(=O)NC(N)=O)CCN1Cc1ccccc1. The fraction of sp³-hybridized carbons (Fsp3) is 0.556. The van der Waals surface area contributed by atoms with E-state index in [1.54, 1.807) is 0 Å². The first-order chi connectivity index (χ1) is 11.5. The first-order valence-electron chi connectivity index (χ1n) is 8.64. The summed E-state index contributed by atoms with van der Waals surface area (Å²) in [7, 11) is 0. The molecule has 1 aliphatic rings. The van der Waals surface area contributed by atoms with Gasteiger partial charge in [-0.2, -0.15) is 0 Å². The van der Waals surface area contributed by atoms with E-state index in [1.165, 1.54) is 5.56 Å². The van der Waals surface area contributed by atoms with Crippen molar-refractivity contribution in [1.82, 2.24) is 15.1 Å². The zero-order valence-corrected chi connectivity index (χ0v) is 14.4. The van der Waals surface area contributed by atoms with Crippen LogP contribution in [0.3, 0.4) is 0 Å². The molecule has 0 unspecified atom stereocenters. The molecule has 1 heterocycles. The van der Waals surface area contributed by atoms with E-state index in [0.717, 1.165) is 45.6 Å². The van der Waals surface area contributed by atoms with Crippen molar-refractivity contribution in [2.45, 2.75) is 38.8 Å². The monoisotopic (exact) mass is 332 g/mol. The number of carbonyl (C=O) groups is 2. The Morgan fingerprint density at radius 2 is 1.96 bits per heavy atom. The number of hydrogen-bond acceptors (Lipinski definition) is 4. The molecule has 3 amide bonds. The molecule has 0 radical (unpaired) electrons. The second-order valence-corrected chi connectivity index (χ2v) is 6.45. The number of nitrogens with zero attached hydrogens (tertiary/aromatic N) is 2. The van der Waals surface area contributed by atoms with Crippen molar-refractivity contribution in [2.24, 2.45) is 5.73 Å². The maximum Gasteiger partial charge on any atom is 0.318 e. The number of carbonyl (C=O) groups excluding carboxylic acids is 2. The van der Waals surface area contributed by atoms with Crippen LogP contribution in [0.2, 0.25) is 0 Å². The lowest BCUT2D eigenvalue weighted by molar-refractivity contribution is -0.120. The van der Waals surface area contributed by atoms with Gasteiger partial charge in [0.05, 0.1) is 0 Å². The topological polar surface area (TPSA) is 78.7 Å². The summed E-state index contributed by atoms with van der Waals surface area (Å²) in [6.45, 7) is 7.23. The van der Waals surface area contributed by atoms with Crippen LogP contribution >= 0.6 is 0 Å². The Kier molecular flexibility index (Phi) is 7.21. The average Bonchev–Trinajstić information content (AvgIpc) is 2.71. The maximum atomic E-state index is 11.4. The lowest BCUT2D eigenvalue weighted by Gasteiger charge is -2.26. The number of rotatable bonds is 6. The van der Waals surface area contributed by atoms with Crippen LogP contribution < -0.4 is 11.1 Å². The molecule has 1 aromatic rings. The van der Waals surface area contributed by atoms with Crippen molar-refractivity contribution >= 4 is 11.9 Å². The van der Waals surface area contributed by atoms with E-state index in [4.69, 9.17) is 5.73 Å². The van der Waals surface area contributed by atoms with Gasteiger partial charge in [-0.05, 0) is 38.4 Å².